The first-order valence-electron chi connectivity index (χ1n) is 11.3. The maximum atomic E-state index is 4.38. The number of hydrogen-bond donors (Lipinski definition) is 1. The van der Waals surface area contributed by atoms with Crippen LogP contribution in [0.3, 0.4) is 0 Å². The van der Waals surface area contributed by atoms with Crippen LogP contribution in [0.1, 0.15) is 96.5 Å². The maximum absolute atomic E-state index is 4.38. The Morgan fingerprint density at radius 2 is 1.15 bits per heavy atom. The van der Waals surface area contributed by atoms with Crippen molar-refractivity contribution in [1.82, 2.24) is 0 Å². The van der Waals surface area contributed by atoms with Gasteiger partial charge in [-0.05, 0) is 31.2 Å². The fourth-order valence-electron chi connectivity index (χ4n) is 3.69. The van der Waals surface area contributed by atoms with Gasteiger partial charge in [0.2, 0.25) is 0 Å². The minimum Gasteiger partial charge on any atom is -0.331 e. The van der Waals surface area contributed by atoms with Crippen molar-refractivity contribution in [3.05, 3.63) is 42.5 Å². The fraction of sp³-hybridized carbons (Fsp3) is 0.680. The number of unbranched alkanes of at least 4 members (excludes halogenated alkanes) is 10. The monoisotopic (exact) mass is 358 g/mol. The van der Waals surface area contributed by atoms with Gasteiger partial charge in [-0.15, -0.1) is 0 Å². The average molecular weight is 359 g/mol. The summed E-state index contributed by atoms with van der Waals surface area (Å²) in [5.74, 6) is 0. The van der Waals surface area contributed by atoms with Gasteiger partial charge < -0.3 is 4.90 Å². The molecular formula is C25H44N+. The van der Waals surface area contributed by atoms with Gasteiger partial charge in [0.05, 0.1) is 13.1 Å². The summed E-state index contributed by atoms with van der Waals surface area (Å²) in [6.45, 7) is 12.7. The quantitative estimate of drug-likeness (QED) is 0.311. The second kappa shape index (κ2) is 16.1. The molecule has 0 aromatic heterocycles. The number of rotatable bonds is 17. The molecule has 1 N–H and O–H groups in total. The van der Waals surface area contributed by atoms with Crippen molar-refractivity contribution in [3.8, 4) is 0 Å². The Hall–Kier alpha value is -1.08. The van der Waals surface area contributed by atoms with Crippen LogP contribution in [0, 0.1) is 0 Å². The van der Waals surface area contributed by atoms with Gasteiger partial charge in [-0.3, -0.25) is 0 Å². The summed E-state index contributed by atoms with van der Waals surface area (Å²) < 4.78 is 0. The molecule has 0 saturated carbocycles. The Morgan fingerprint density at radius 3 is 1.65 bits per heavy atom. The molecule has 0 amide bonds. The van der Waals surface area contributed by atoms with E-state index in [1.807, 2.05) is 0 Å². The predicted octanol–water partition coefficient (Wildman–Crippen LogP) is 6.31. The lowest BCUT2D eigenvalue weighted by Crippen LogP contribution is -3.12. The van der Waals surface area contributed by atoms with Crippen LogP contribution in [0.15, 0.2) is 36.9 Å². The van der Waals surface area contributed by atoms with E-state index in [4.69, 9.17) is 0 Å². The van der Waals surface area contributed by atoms with Crippen molar-refractivity contribution in [3.63, 3.8) is 0 Å². The summed E-state index contributed by atoms with van der Waals surface area (Å²) in [6, 6.07) is 10.8. The molecule has 0 aliphatic heterocycles. The Labute approximate surface area is 163 Å². The molecular weight excluding hydrogens is 314 g/mol. The van der Waals surface area contributed by atoms with Crippen LogP contribution >= 0.6 is 0 Å². The van der Waals surface area contributed by atoms with Crippen LogP contribution in [-0.4, -0.2) is 19.6 Å². The summed E-state index contributed by atoms with van der Waals surface area (Å²) in [7, 11) is 0. The van der Waals surface area contributed by atoms with Crippen molar-refractivity contribution >= 4 is 5.57 Å². The SMILES string of the molecule is C=C(C[NH+](CCCCCCCC)CCCCCCCC)c1ccccc1. The third-order valence-electron chi connectivity index (χ3n) is 5.41. The molecule has 0 aliphatic carbocycles. The lowest BCUT2D eigenvalue weighted by molar-refractivity contribution is -0.893. The second-order valence-electron chi connectivity index (χ2n) is 7.93. The third-order valence-corrected chi connectivity index (χ3v) is 5.41. The van der Waals surface area contributed by atoms with E-state index >= 15 is 0 Å². The molecule has 1 nitrogen and oxygen atoms in total. The molecule has 0 spiro atoms. The Balaban J connectivity index is 2.35. The van der Waals surface area contributed by atoms with Crippen molar-refractivity contribution in [2.24, 2.45) is 0 Å². The van der Waals surface area contributed by atoms with Crippen LogP contribution in [0.25, 0.3) is 5.57 Å². The summed E-state index contributed by atoms with van der Waals surface area (Å²) in [4.78, 5) is 1.74. The zero-order chi connectivity index (χ0) is 18.9. The van der Waals surface area contributed by atoms with Gasteiger partial charge in [0.25, 0.3) is 0 Å². The van der Waals surface area contributed by atoms with E-state index in [1.165, 1.54) is 101 Å². The highest BCUT2D eigenvalue weighted by Gasteiger charge is 2.11. The third kappa shape index (κ3) is 11.5. The first-order chi connectivity index (χ1) is 12.8. The Bertz CT molecular complexity index is 421. The molecule has 0 radical (unpaired) electrons. The van der Waals surface area contributed by atoms with Crippen LogP contribution < -0.4 is 4.90 Å². The molecule has 0 aliphatic rings. The normalized spacial score (nSPS) is 11.2. The zero-order valence-electron chi connectivity index (χ0n) is 17.7. The minimum atomic E-state index is 1.11. The standard InChI is InChI=1S/C25H43N/c1-4-6-8-10-12-17-21-26(22-18-13-11-9-7-5-2)23-24(3)25-19-15-14-16-20-25/h14-16,19-20H,3-13,17-18,21-23H2,1-2H3/p+1. The van der Waals surface area contributed by atoms with E-state index in [1.54, 1.807) is 4.90 Å². The topological polar surface area (TPSA) is 4.44 Å². The first-order valence-corrected chi connectivity index (χ1v) is 11.3. The van der Waals surface area contributed by atoms with Gasteiger partial charge in [0.1, 0.15) is 6.54 Å². The maximum Gasteiger partial charge on any atom is 0.103 e. The molecule has 26 heavy (non-hydrogen) atoms. The van der Waals surface area contributed by atoms with Gasteiger partial charge in [-0.2, -0.15) is 0 Å². The van der Waals surface area contributed by atoms with Gasteiger partial charge >= 0.3 is 0 Å². The summed E-state index contributed by atoms with van der Waals surface area (Å²) in [5, 5.41) is 0. The van der Waals surface area contributed by atoms with Gasteiger partial charge in [-0.25, -0.2) is 0 Å². The van der Waals surface area contributed by atoms with Crippen molar-refractivity contribution in [2.45, 2.75) is 90.9 Å². The van der Waals surface area contributed by atoms with E-state index in [9.17, 15) is 0 Å². The molecule has 1 aromatic rings. The highest BCUT2D eigenvalue weighted by molar-refractivity contribution is 5.63. The molecule has 1 heteroatoms. The van der Waals surface area contributed by atoms with E-state index in [0.717, 1.165) is 6.54 Å². The second-order valence-corrected chi connectivity index (χ2v) is 7.93. The van der Waals surface area contributed by atoms with E-state index in [-0.39, 0.29) is 0 Å². The zero-order valence-corrected chi connectivity index (χ0v) is 17.7. The molecule has 148 valence electrons. The van der Waals surface area contributed by atoms with Gasteiger partial charge in [0, 0.05) is 5.57 Å². The predicted molar refractivity (Wildman–Crippen MR) is 118 cm³/mol. The van der Waals surface area contributed by atoms with Crippen molar-refractivity contribution < 1.29 is 4.90 Å². The number of hydrogen-bond acceptors (Lipinski definition) is 0. The molecule has 0 saturated heterocycles. The number of benzene rings is 1. The molecule has 0 heterocycles. The molecule has 1 aromatic carbocycles. The average Bonchev–Trinajstić information content (AvgIpc) is 2.67. The fourth-order valence-corrected chi connectivity index (χ4v) is 3.69. The van der Waals surface area contributed by atoms with Crippen LogP contribution in [0.2, 0.25) is 0 Å². The van der Waals surface area contributed by atoms with E-state index in [0.29, 0.717) is 0 Å². The first kappa shape index (κ1) is 23.0. The van der Waals surface area contributed by atoms with E-state index < -0.39 is 0 Å². The smallest absolute Gasteiger partial charge is 0.103 e. The summed E-state index contributed by atoms with van der Waals surface area (Å²) in [6.07, 6.45) is 16.7. The minimum absolute atomic E-state index is 1.11. The summed E-state index contributed by atoms with van der Waals surface area (Å²) in [5.41, 5.74) is 2.62. The molecule has 0 fully saturated rings. The highest BCUT2D eigenvalue weighted by atomic mass is 15.1. The summed E-state index contributed by atoms with van der Waals surface area (Å²) >= 11 is 0. The van der Waals surface area contributed by atoms with Crippen LogP contribution in [0.5, 0.6) is 0 Å². The van der Waals surface area contributed by atoms with Crippen LogP contribution in [-0.2, 0) is 0 Å². The Morgan fingerprint density at radius 1 is 0.692 bits per heavy atom. The number of quaternary nitrogens is 1. The molecule has 0 unspecified atom stereocenters. The Kier molecular flexibility index (Phi) is 14.2. The van der Waals surface area contributed by atoms with Crippen molar-refractivity contribution in [2.75, 3.05) is 19.6 Å². The lowest BCUT2D eigenvalue weighted by Gasteiger charge is -2.21. The molecule has 1 rings (SSSR count). The van der Waals surface area contributed by atoms with Crippen molar-refractivity contribution in [1.29, 1.82) is 0 Å². The molecule has 0 bridgehead atoms. The van der Waals surface area contributed by atoms with Gasteiger partial charge in [-0.1, -0.05) is 102 Å². The van der Waals surface area contributed by atoms with E-state index in [2.05, 4.69) is 50.8 Å². The van der Waals surface area contributed by atoms with Gasteiger partial charge in [0.15, 0.2) is 0 Å². The molecule has 0 atom stereocenters. The highest BCUT2D eigenvalue weighted by Crippen LogP contribution is 2.10. The number of nitrogens with one attached hydrogen (secondary N) is 1. The lowest BCUT2D eigenvalue weighted by atomic mass is 10.1. The largest absolute Gasteiger partial charge is 0.331 e. The van der Waals surface area contributed by atoms with Crippen LogP contribution in [0.4, 0.5) is 0 Å².